The van der Waals surface area contributed by atoms with Crippen LogP contribution in [0.25, 0.3) is 0 Å². The molecular formula is C13H24N2S. The average molecular weight is 240 g/mol. The Morgan fingerprint density at radius 2 is 2.06 bits per heavy atom. The summed E-state index contributed by atoms with van der Waals surface area (Å²) >= 11 is 2.15. The molecule has 2 nitrogen and oxygen atoms in total. The van der Waals surface area contributed by atoms with Gasteiger partial charge in [-0.15, -0.1) is 0 Å². The van der Waals surface area contributed by atoms with Gasteiger partial charge in [0.2, 0.25) is 0 Å². The second-order valence-electron chi connectivity index (χ2n) is 4.93. The topological polar surface area (TPSA) is 35.8 Å². The van der Waals surface area contributed by atoms with Crippen LogP contribution < -0.4 is 5.32 Å². The van der Waals surface area contributed by atoms with Gasteiger partial charge in [-0.1, -0.05) is 12.8 Å². The first-order valence-electron chi connectivity index (χ1n) is 6.42. The molecule has 92 valence electrons. The zero-order valence-electron chi connectivity index (χ0n) is 10.6. The Morgan fingerprint density at radius 3 is 2.62 bits per heavy atom. The van der Waals surface area contributed by atoms with E-state index in [-0.39, 0.29) is 5.54 Å². The van der Waals surface area contributed by atoms with Gasteiger partial charge in [0, 0.05) is 5.25 Å². The minimum Gasteiger partial charge on any atom is -0.303 e. The third-order valence-corrected chi connectivity index (χ3v) is 4.99. The summed E-state index contributed by atoms with van der Waals surface area (Å²) in [4.78, 5) is 0. The lowest BCUT2D eigenvalue weighted by molar-refractivity contribution is 0.439. The number of nitrogens with one attached hydrogen (secondary N) is 1. The third kappa shape index (κ3) is 4.76. The van der Waals surface area contributed by atoms with Crippen molar-refractivity contribution in [3.05, 3.63) is 0 Å². The molecule has 1 atom stereocenters. The Labute approximate surface area is 104 Å². The van der Waals surface area contributed by atoms with E-state index in [9.17, 15) is 0 Å². The van der Waals surface area contributed by atoms with Crippen LogP contribution in [0.2, 0.25) is 0 Å². The van der Waals surface area contributed by atoms with Gasteiger partial charge in [-0.05, 0) is 51.8 Å². The number of nitriles is 1. The van der Waals surface area contributed by atoms with E-state index in [4.69, 9.17) is 5.26 Å². The summed E-state index contributed by atoms with van der Waals surface area (Å²) in [6.45, 7) is 1.98. The Balaban J connectivity index is 2.01. The van der Waals surface area contributed by atoms with Crippen molar-refractivity contribution in [3.8, 4) is 6.07 Å². The van der Waals surface area contributed by atoms with Gasteiger partial charge in [0.25, 0.3) is 0 Å². The van der Waals surface area contributed by atoms with Gasteiger partial charge in [-0.3, -0.25) is 0 Å². The normalized spacial score (nSPS) is 20.6. The molecule has 1 fully saturated rings. The van der Waals surface area contributed by atoms with Gasteiger partial charge in [-0.25, -0.2) is 0 Å². The van der Waals surface area contributed by atoms with Crippen molar-refractivity contribution in [3.63, 3.8) is 0 Å². The van der Waals surface area contributed by atoms with Gasteiger partial charge in [-0.2, -0.15) is 17.0 Å². The third-order valence-electron chi connectivity index (χ3n) is 3.53. The van der Waals surface area contributed by atoms with Gasteiger partial charge >= 0.3 is 0 Å². The smallest absolute Gasteiger partial charge is 0.103 e. The lowest BCUT2D eigenvalue weighted by atomic mass is 9.97. The fourth-order valence-corrected chi connectivity index (χ4v) is 3.49. The van der Waals surface area contributed by atoms with E-state index in [0.717, 1.165) is 18.1 Å². The molecule has 0 bridgehead atoms. The number of hydrogen-bond acceptors (Lipinski definition) is 3. The van der Waals surface area contributed by atoms with Gasteiger partial charge in [0.1, 0.15) is 5.54 Å². The molecule has 0 aromatic rings. The Bertz CT molecular complexity index is 231. The van der Waals surface area contributed by atoms with Crippen LogP contribution in [0.1, 0.15) is 51.9 Å². The fraction of sp³-hybridized carbons (Fsp3) is 0.923. The van der Waals surface area contributed by atoms with Gasteiger partial charge < -0.3 is 5.32 Å². The molecule has 0 spiro atoms. The van der Waals surface area contributed by atoms with E-state index < -0.39 is 0 Å². The summed E-state index contributed by atoms with van der Waals surface area (Å²) in [7, 11) is 1.87. The van der Waals surface area contributed by atoms with Crippen molar-refractivity contribution >= 4 is 11.8 Å². The first-order chi connectivity index (χ1) is 7.70. The van der Waals surface area contributed by atoms with Crippen molar-refractivity contribution < 1.29 is 0 Å². The Hall–Kier alpha value is -0.200. The molecule has 1 unspecified atom stereocenters. The van der Waals surface area contributed by atoms with Crippen LogP contribution in [0.3, 0.4) is 0 Å². The molecule has 0 heterocycles. The molecule has 1 aliphatic carbocycles. The summed E-state index contributed by atoms with van der Waals surface area (Å²) in [5, 5.41) is 13.0. The van der Waals surface area contributed by atoms with E-state index in [1.165, 1.54) is 37.9 Å². The molecule has 1 saturated carbocycles. The molecule has 0 radical (unpaired) electrons. The standard InChI is InChI=1S/C13H24N2S/c1-13(11-14,15-2)9-5-6-10-16-12-7-3-4-8-12/h12,15H,3-10H2,1-2H3. The average Bonchev–Trinajstić information content (AvgIpc) is 2.81. The molecular weight excluding hydrogens is 216 g/mol. The molecule has 1 N–H and O–H groups in total. The molecule has 16 heavy (non-hydrogen) atoms. The molecule has 0 aliphatic heterocycles. The highest BCUT2D eigenvalue weighted by Gasteiger charge is 2.20. The highest BCUT2D eigenvalue weighted by atomic mass is 32.2. The van der Waals surface area contributed by atoms with E-state index in [1.807, 2.05) is 14.0 Å². The number of rotatable bonds is 7. The zero-order chi connectivity index (χ0) is 11.9. The summed E-state index contributed by atoms with van der Waals surface area (Å²) in [6.07, 6.45) is 9.10. The lowest BCUT2D eigenvalue weighted by Gasteiger charge is -2.20. The Morgan fingerprint density at radius 1 is 1.38 bits per heavy atom. The zero-order valence-corrected chi connectivity index (χ0v) is 11.4. The molecule has 0 aromatic carbocycles. The first-order valence-corrected chi connectivity index (χ1v) is 7.47. The number of unbranched alkanes of at least 4 members (excludes halogenated alkanes) is 1. The second kappa shape index (κ2) is 7.19. The molecule has 1 rings (SSSR count). The minimum atomic E-state index is -0.321. The maximum absolute atomic E-state index is 9.00. The second-order valence-corrected chi connectivity index (χ2v) is 6.34. The summed E-state index contributed by atoms with van der Waals surface area (Å²) in [5.74, 6) is 1.27. The summed E-state index contributed by atoms with van der Waals surface area (Å²) < 4.78 is 0. The van der Waals surface area contributed by atoms with Crippen LogP contribution in [0, 0.1) is 11.3 Å². The minimum absolute atomic E-state index is 0.321. The van der Waals surface area contributed by atoms with Crippen molar-refractivity contribution in [2.24, 2.45) is 0 Å². The van der Waals surface area contributed by atoms with Crippen LogP contribution >= 0.6 is 11.8 Å². The predicted octanol–water partition coefficient (Wildman–Crippen LogP) is 3.33. The van der Waals surface area contributed by atoms with Crippen molar-refractivity contribution in [2.75, 3.05) is 12.8 Å². The molecule has 0 amide bonds. The maximum Gasteiger partial charge on any atom is 0.103 e. The molecule has 0 saturated heterocycles. The maximum atomic E-state index is 9.00. The van der Waals surface area contributed by atoms with Crippen molar-refractivity contribution in [2.45, 2.75) is 62.7 Å². The monoisotopic (exact) mass is 240 g/mol. The van der Waals surface area contributed by atoms with Crippen LogP contribution in [0.4, 0.5) is 0 Å². The predicted molar refractivity (Wildman–Crippen MR) is 71.6 cm³/mol. The highest BCUT2D eigenvalue weighted by molar-refractivity contribution is 7.99. The SMILES string of the molecule is CNC(C)(C#N)CCCCSC1CCCC1. The lowest BCUT2D eigenvalue weighted by Crippen LogP contribution is -2.37. The van der Waals surface area contributed by atoms with Gasteiger partial charge in [0.15, 0.2) is 0 Å². The van der Waals surface area contributed by atoms with E-state index >= 15 is 0 Å². The first kappa shape index (κ1) is 13.9. The van der Waals surface area contributed by atoms with Crippen LogP contribution in [0.15, 0.2) is 0 Å². The molecule has 3 heteroatoms. The number of nitrogens with zero attached hydrogens (tertiary/aromatic N) is 1. The van der Waals surface area contributed by atoms with Crippen LogP contribution in [-0.4, -0.2) is 23.6 Å². The van der Waals surface area contributed by atoms with E-state index in [1.54, 1.807) is 0 Å². The Kier molecular flexibility index (Phi) is 6.23. The summed E-state index contributed by atoms with van der Waals surface area (Å²) in [5.41, 5.74) is -0.321. The number of thioether (sulfide) groups is 1. The van der Waals surface area contributed by atoms with Crippen LogP contribution in [-0.2, 0) is 0 Å². The largest absolute Gasteiger partial charge is 0.303 e. The fourth-order valence-electron chi connectivity index (χ4n) is 2.12. The molecule has 1 aliphatic rings. The van der Waals surface area contributed by atoms with Crippen LogP contribution in [0.5, 0.6) is 0 Å². The molecule has 0 aromatic heterocycles. The summed E-state index contributed by atoms with van der Waals surface area (Å²) in [6, 6.07) is 2.34. The van der Waals surface area contributed by atoms with Crippen molar-refractivity contribution in [1.82, 2.24) is 5.32 Å². The van der Waals surface area contributed by atoms with E-state index in [2.05, 4.69) is 23.1 Å². The van der Waals surface area contributed by atoms with E-state index in [0.29, 0.717) is 0 Å². The highest BCUT2D eigenvalue weighted by Crippen LogP contribution is 2.30. The van der Waals surface area contributed by atoms with Gasteiger partial charge in [0.05, 0.1) is 6.07 Å². The quantitative estimate of drug-likeness (QED) is 0.693. The number of hydrogen-bond donors (Lipinski definition) is 1. The van der Waals surface area contributed by atoms with Crippen molar-refractivity contribution in [1.29, 1.82) is 5.26 Å².